The number of aryl methyl sites for hydroxylation is 2. The number of carbonyl (C=O) groups is 1. The summed E-state index contributed by atoms with van der Waals surface area (Å²) in [5, 5.41) is 8.86. The van der Waals surface area contributed by atoms with Gasteiger partial charge in [-0.1, -0.05) is 0 Å². The fourth-order valence-electron chi connectivity index (χ4n) is 1.65. The third-order valence-electron chi connectivity index (χ3n) is 2.54. The lowest BCUT2D eigenvalue weighted by atomic mass is 10.1. The number of carbonyl (C=O) groups excluding carboxylic acids is 1. The quantitative estimate of drug-likeness (QED) is 0.779. The van der Waals surface area contributed by atoms with Crippen LogP contribution in [-0.2, 0) is 4.79 Å². The zero-order valence-electron chi connectivity index (χ0n) is 9.44. The lowest BCUT2D eigenvalue weighted by Crippen LogP contribution is -2.35. The van der Waals surface area contributed by atoms with E-state index < -0.39 is 17.5 Å². The van der Waals surface area contributed by atoms with Crippen LogP contribution >= 0.6 is 0 Å². The van der Waals surface area contributed by atoms with Gasteiger partial charge < -0.3 is 5.73 Å². The Morgan fingerprint density at radius 2 is 2.12 bits per heavy atom. The first kappa shape index (κ1) is 12.0. The first-order chi connectivity index (χ1) is 7.40. The van der Waals surface area contributed by atoms with Crippen molar-refractivity contribution < 1.29 is 4.79 Å². The molecule has 1 aromatic heterocycles. The zero-order valence-corrected chi connectivity index (χ0v) is 9.44. The first-order valence-electron chi connectivity index (χ1n) is 4.82. The molecule has 0 radical (unpaired) electrons. The standard InChI is InChI=1S/C11H13N3O2/c1-6-4-7(2)14(8(3)10(13)15)11(16)9(6)5-12/h4,8H,1-3H3,(H2,13,15). The maximum absolute atomic E-state index is 11.9. The molecule has 1 rings (SSSR count). The van der Waals surface area contributed by atoms with E-state index in [9.17, 15) is 9.59 Å². The number of primary amides is 1. The zero-order chi connectivity index (χ0) is 12.5. The fourth-order valence-corrected chi connectivity index (χ4v) is 1.65. The van der Waals surface area contributed by atoms with Gasteiger partial charge in [-0.15, -0.1) is 0 Å². The van der Waals surface area contributed by atoms with Gasteiger partial charge in [0.15, 0.2) is 0 Å². The number of rotatable bonds is 2. The molecule has 0 saturated heterocycles. The molecule has 0 aliphatic carbocycles. The van der Waals surface area contributed by atoms with E-state index in [0.29, 0.717) is 11.3 Å². The average molecular weight is 219 g/mol. The minimum atomic E-state index is -0.750. The molecule has 1 amide bonds. The number of pyridine rings is 1. The normalized spacial score (nSPS) is 11.9. The highest BCUT2D eigenvalue weighted by atomic mass is 16.2. The second-order valence-electron chi connectivity index (χ2n) is 3.71. The third kappa shape index (κ3) is 1.82. The Labute approximate surface area is 93.1 Å². The third-order valence-corrected chi connectivity index (χ3v) is 2.54. The lowest BCUT2D eigenvalue weighted by Gasteiger charge is -2.16. The molecule has 0 aromatic carbocycles. The molecule has 0 aliphatic rings. The Bertz CT molecular complexity index is 537. The average Bonchev–Trinajstić information content (AvgIpc) is 2.17. The maximum Gasteiger partial charge on any atom is 0.269 e. The van der Waals surface area contributed by atoms with Gasteiger partial charge in [-0.2, -0.15) is 5.26 Å². The fraction of sp³-hybridized carbons (Fsp3) is 0.364. The van der Waals surface area contributed by atoms with E-state index in [1.165, 1.54) is 11.5 Å². The number of nitrogens with two attached hydrogens (primary N) is 1. The molecule has 16 heavy (non-hydrogen) atoms. The van der Waals surface area contributed by atoms with Crippen LogP contribution in [0.3, 0.4) is 0 Å². The molecule has 0 aliphatic heterocycles. The van der Waals surface area contributed by atoms with Gasteiger partial charge in [-0.25, -0.2) is 0 Å². The van der Waals surface area contributed by atoms with E-state index in [4.69, 9.17) is 11.0 Å². The summed E-state index contributed by atoms with van der Waals surface area (Å²) >= 11 is 0. The topological polar surface area (TPSA) is 88.9 Å². The van der Waals surface area contributed by atoms with Crippen LogP contribution in [0.15, 0.2) is 10.9 Å². The number of nitrogens with zero attached hydrogens (tertiary/aromatic N) is 2. The van der Waals surface area contributed by atoms with Gasteiger partial charge in [0.2, 0.25) is 5.91 Å². The summed E-state index contributed by atoms with van der Waals surface area (Å²) in [5.41, 5.74) is 5.97. The van der Waals surface area contributed by atoms with Crippen LogP contribution in [-0.4, -0.2) is 10.5 Å². The Balaban J connectivity index is 3.60. The number of hydrogen-bond donors (Lipinski definition) is 1. The van der Waals surface area contributed by atoms with Crippen molar-refractivity contribution in [3.8, 4) is 6.07 Å². The Hall–Kier alpha value is -2.09. The van der Waals surface area contributed by atoms with Crippen LogP contribution in [0.5, 0.6) is 0 Å². The minimum absolute atomic E-state index is 0.0544. The van der Waals surface area contributed by atoms with Gasteiger partial charge in [0.05, 0.1) is 0 Å². The van der Waals surface area contributed by atoms with Crippen molar-refractivity contribution in [2.24, 2.45) is 5.73 Å². The number of hydrogen-bond acceptors (Lipinski definition) is 3. The van der Waals surface area contributed by atoms with Crippen LogP contribution < -0.4 is 11.3 Å². The van der Waals surface area contributed by atoms with Crippen LogP contribution in [0.2, 0.25) is 0 Å². The van der Waals surface area contributed by atoms with E-state index in [2.05, 4.69) is 0 Å². The molecule has 0 bridgehead atoms. The van der Waals surface area contributed by atoms with Gasteiger partial charge >= 0.3 is 0 Å². The van der Waals surface area contributed by atoms with Crippen molar-refractivity contribution in [3.05, 3.63) is 33.2 Å². The van der Waals surface area contributed by atoms with Gasteiger partial charge in [-0.3, -0.25) is 14.2 Å². The SMILES string of the molecule is Cc1cc(C)n(C(C)C(N)=O)c(=O)c1C#N. The van der Waals surface area contributed by atoms with Crippen LogP contribution in [0.25, 0.3) is 0 Å². The number of amides is 1. The Morgan fingerprint density at radius 1 is 1.56 bits per heavy atom. The van der Waals surface area contributed by atoms with Gasteiger partial charge in [0.1, 0.15) is 17.7 Å². The van der Waals surface area contributed by atoms with Crippen molar-refractivity contribution in [1.29, 1.82) is 5.26 Å². The first-order valence-corrected chi connectivity index (χ1v) is 4.82. The van der Waals surface area contributed by atoms with Crippen molar-refractivity contribution in [1.82, 2.24) is 4.57 Å². The molecular formula is C11H13N3O2. The van der Waals surface area contributed by atoms with Crippen LogP contribution in [0, 0.1) is 25.2 Å². The molecule has 1 heterocycles. The molecule has 1 atom stereocenters. The highest BCUT2D eigenvalue weighted by molar-refractivity contribution is 5.78. The van der Waals surface area contributed by atoms with Gasteiger partial charge in [-0.05, 0) is 32.4 Å². The molecule has 1 aromatic rings. The molecule has 2 N–H and O–H groups in total. The highest BCUT2D eigenvalue weighted by Crippen LogP contribution is 2.10. The summed E-state index contributed by atoms with van der Waals surface area (Å²) in [5.74, 6) is -0.599. The summed E-state index contributed by atoms with van der Waals surface area (Å²) in [7, 11) is 0. The molecule has 1 unspecified atom stereocenters. The Kier molecular flexibility index (Phi) is 3.14. The van der Waals surface area contributed by atoms with Crippen molar-refractivity contribution in [3.63, 3.8) is 0 Å². The van der Waals surface area contributed by atoms with E-state index in [1.54, 1.807) is 19.9 Å². The summed E-state index contributed by atoms with van der Waals surface area (Å²) in [4.78, 5) is 23.0. The largest absolute Gasteiger partial charge is 0.368 e. The molecule has 0 fully saturated rings. The molecule has 0 spiro atoms. The number of nitriles is 1. The smallest absolute Gasteiger partial charge is 0.269 e. The Morgan fingerprint density at radius 3 is 2.56 bits per heavy atom. The minimum Gasteiger partial charge on any atom is -0.368 e. The van der Waals surface area contributed by atoms with Gasteiger partial charge in [0, 0.05) is 5.69 Å². The van der Waals surface area contributed by atoms with Crippen LogP contribution in [0.1, 0.15) is 29.8 Å². The summed E-state index contributed by atoms with van der Waals surface area (Å²) in [6, 6.07) is 2.78. The van der Waals surface area contributed by atoms with Crippen molar-refractivity contribution >= 4 is 5.91 Å². The van der Waals surface area contributed by atoms with Crippen molar-refractivity contribution in [2.45, 2.75) is 26.8 Å². The van der Waals surface area contributed by atoms with E-state index in [0.717, 1.165) is 0 Å². The molecule has 84 valence electrons. The summed E-state index contributed by atoms with van der Waals surface area (Å²) < 4.78 is 1.24. The van der Waals surface area contributed by atoms with Crippen LogP contribution in [0.4, 0.5) is 0 Å². The molecule has 5 heteroatoms. The predicted octanol–water partition coefficient (Wildman–Crippen LogP) is 0.383. The van der Waals surface area contributed by atoms with E-state index in [1.807, 2.05) is 6.07 Å². The molecular weight excluding hydrogens is 206 g/mol. The monoisotopic (exact) mass is 219 g/mol. The second-order valence-corrected chi connectivity index (χ2v) is 3.71. The molecule has 0 saturated carbocycles. The predicted molar refractivity (Wildman–Crippen MR) is 58.8 cm³/mol. The van der Waals surface area contributed by atoms with E-state index in [-0.39, 0.29) is 5.56 Å². The lowest BCUT2D eigenvalue weighted by molar-refractivity contribution is -0.120. The number of aromatic nitrogens is 1. The van der Waals surface area contributed by atoms with E-state index >= 15 is 0 Å². The van der Waals surface area contributed by atoms with Crippen molar-refractivity contribution in [2.75, 3.05) is 0 Å². The molecule has 5 nitrogen and oxygen atoms in total. The maximum atomic E-state index is 11.9. The van der Waals surface area contributed by atoms with Gasteiger partial charge in [0.25, 0.3) is 5.56 Å². The highest BCUT2D eigenvalue weighted by Gasteiger charge is 2.18. The second kappa shape index (κ2) is 4.19. The summed E-state index contributed by atoms with van der Waals surface area (Å²) in [6.45, 7) is 4.93. The summed E-state index contributed by atoms with van der Waals surface area (Å²) in [6.07, 6.45) is 0.